The van der Waals surface area contributed by atoms with Crippen molar-refractivity contribution in [3.8, 4) is 0 Å². The maximum atomic E-state index is 12.7. The summed E-state index contributed by atoms with van der Waals surface area (Å²) >= 11 is 1.16. The van der Waals surface area contributed by atoms with Gasteiger partial charge in [0.25, 0.3) is 5.91 Å². The Bertz CT molecular complexity index is 844. The normalized spacial score (nSPS) is 14.8. The first-order valence-corrected chi connectivity index (χ1v) is 10.5. The highest BCUT2D eigenvalue weighted by Crippen LogP contribution is 2.27. The van der Waals surface area contributed by atoms with E-state index >= 15 is 0 Å². The average Bonchev–Trinajstić information content (AvgIpc) is 3.28. The minimum atomic E-state index is -3.58. The summed E-state index contributed by atoms with van der Waals surface area (Å²) in [6.45, 7) is 1.48. The molecule has 2 aromatic rings. The van der Waals surface area contributed by atoms with Crippen LogP contribution in [0.2, 0.25) is 0 Å². The van der Waals surface area contributed by atoms with Gasteiger partial charge in [0.2, 0.25) is 10.0 Å². The van der Waals surface area contributed by atoms with Crippen LogP contribution < -0.4 is 11.1 Å². The van der Waals surface area contributed by atoms with Gasteiger partial charge in [-0.25, -0.2) is 8.42 Å². The number of thiophene rings is 1. The molecular weight excluding hydrogens is 394 g/mol. The number of nitrogens with two attached hydrogens (primary N) is 1. The Kier molecular flexibility index (Phi) is 7.05. The lowest BCUT2D eigenvalue weighted by Crippen LogP contribution is -2.31. The van der Waals surface area contributed by atoms with Crippen LogP contribution in [-0.4, -0.2) is 38.3 Å². The average molecular weight is 416 g/mol. The van der Waals surface area contributed by atoms with E-state index in [9.17, 15) is 13.2 Å². The second kappa shape index (κ2) is 8.85. The Balaban J connectivity index is 0.00000243. The van der Waals surface area contributed by atoms with Gasteiger partial charge in [-0.2, -0.15) is 4.31 Å². The highest BCUT2D eigenvalue weighted by Gasteiger charge is 2.31. The lowest BCUT2D eigenvalue weighted by atomic mass is 10.1. The predicted octanol–water partition coefficient (Wildman–Crippen LogP) is 2.51. The number of nitrogens with zero attached hydrogens (tertiary/aromatic N) is 1. The van der Waals surface area contributed by atoms with Crippen molar-refractivity contribution in [3.05, 3.63) is 46.2 Å². The topological polar surface area (TPSA) is 92.5 Å². The fourth-order valence-corrected chi connectivity index (χ4v) is 5.65. The lowest BCUT2D eigenvalue weighted by molar-refractivity contribution is 0.0955. The molecule has 1 aliphatic heterocycles. The Morgan fingerprint density at radius 3 is 2.46 bits per heavy atom. The lowest BCUT2D eigenvalue weighted by Gasteiger charge is -2.15. The van der Waals surface area contributed by atoms with E-state index in [1.165, 1.54) is 10.4 Å². The molecule has 0 unspecified atom stereocenters. The van der Waals surface area contributed by atoms with Crippen molar-refractivity contribution in [2.45, 2.75) is 24.2 Å². The number of carbonyl (C=O) groups is 1. The molecule has 1 saturated heterocycles. The largest absolute Gasteiger partial charge is 0.399 e. The van der Waals surface area contributed by atoms with Crippen molar-refractivity contribution >= 4 is 45.4 Å². The quantitative estimate of drug-likeness (QED) is 0.709. The van der Waals surface area contributed by atoms with Gasteiger partial charge >= 0.3 is 0 Å². The van der Waals surface area contributed by atoms with Gasteiger partial charge in [0.15, 0.2) is 0 Å². The number of anilines is 1. The molecule has 1 fully saturated rings. The minimum absolute atomic E-state index is 0. The molecule has 0 radical (unpaired) electrons. The van der Waals surface area contributed by atoms with E-state index in [1.807, 2.05) is 24.3 Å². The van der Waals surface area contributed by atoms with Crippen molar-refractivity contribution in [1.29, 1.82) is 0 Å². The van der Waals surface area contributed by atoms with Crippen LogP contribution in [0.4, 0.5) is 5.69 Å². The summed E-state index contributed by atoms with van der Waals surface area (Å²) in [5.41, 5.74) is 7.41. The molecule has 0 bridgehead atoms. The zero-order chi connectivity index (χ0) is 17.9. The summed E-state index contributed by atoms with van der Waals surface area (Å²) in [6, 6.07) is 8.98. The van der Waals surface area contributed by atoms with Crippen molar-refractivity contribution in [2.24, 2.45) is 0 Å². The standard InChI is InChI=1S/C17H21N3O3S2.ClH/c18-14-5-3-13(4-6-14)7-9-19-17(21)16-15(8-12-24-16)25(22,23)20-10-1-2-11-20;/h3-6,8,12H,1-2,7,9-11,18H2,(H,19,21);1H. The summed E-state index contributed by atoms with van der Waals surface area (Å²) in [5, 5.41) is 4.46. The highest BCUT2D eigenvalue weighted by molar-refractivity contribution is 7.89. The molecule has 3 N–H and O–H groups in total. The predicted molar refractivity (Wildman–Crippen MR) is 106 cm³/mol. The third-order valence-electron chi connectivity index (χ3n) is 4.20. The number of nitrogens with one attached hydrogen (secondary N) is 1. The van der Waals surface area contributed by atoms with E-state index in [4.69, 9.17) is 5.73 Å². The van der Waals surface area contributed by atoms with Crippen LogP contribution in [0.3, 0.4) is 0 Å². The zero-order valence-electron chi connectivity index (χ0n) is 14.2. The molecule has 9 heteroatoms. The number of hydrogen-bond donors (Lipinski definition) is 2. The first-order valence-electron chi connectivity index (χ1n) is 8.19. The molecule has 0 atom stereocenters. The maximum Gasteiger partial charge on any atom is 0.262 e. The molecule has 1 amide bonds. The van der Waals surface area contributed by atoms with Crippen LogP contribution in [0, 0.1) is 0 Å². The molecule has 0 spiro atoms. The molecule has 3 rings (SSSR count). The number of amides is 1. The number of sulfonamides is 1. The smallest absolute Gasteiger partial charge is 0.262 e. The fourth-order valence-electron chi connectivity index (χ4n) is 2.82. The van der Waals surface area contributed by atoms with Gasteiger partial charge in [-0.3, -0.25) is 4.79 Å². The van der Waals surface area contributed by atoms with Crippen LogP contribution >= 0.6 is 23.7 Å². The third-order valence-corrected chi connectivity index (χ3v) is 7.18. The summed E-state index contributed by atoms with van der Waals surface area (Å²) in [4.78, 5) is 12.8. The van der Waals surface area contributed by atoms with Gasteiger partial charge in [-0.05, 0) is 48.4 Å². The van der Waals surface area contributed by atoms with Gasteiger partial charge in [-0.15, -0.1) is 23.7 Å². The molecule has 142 valence electrons. The molecule has 1 aliphatic rings. The number of carbonyl (C=O) groups excluding carboxylic acids is 1. The van der Waals surface area contributed by atoms with Crippen molar-refractivity contribution in [2.75, 3.05) is 25.4 Å². The minimum Gasteiger partial charge on any atom is -0.399 e. The molecule has 2 heterocycles. The van der Waals surface area contributed by atoms with Gasteiger partial charge in [-0.1, -0.05) is 12.1 Å². The monoisotopic (exact) mass is 415 g/mol. The fraction of sp³-hybridized carbons (Fsp3) is 0.353. The van der Waals surface area contributed by atoms with Crippen molar-refractivity contribution in [1.82, 2.24) is 9.62 Å². The summed E-state index contributed by atoms with van der Waals surface area (Å²) in [6.07, 6.45) is 2.39. The Morgan fingerprint density at radius 2 is 1.81 bits per heavy atom. The molecule has 0 saturated carbocycles. The number of rotatable bonds is 6. The Hall–Kier alpha value is -1.61. The van der Waals surface area contributed by atoms with Crippen LogP contribution in [0.1, 0.15) is 28.1 Å². The van der Waals surface area contributed by atoms with Gasteiger partial charge in [0.1, 0.15) is 9.77 Å². The number of hydrogen-bond acceptors (Lipinski definition) is 5. The highest BCUT2D eigenvalue weighted by atomic mass is 35.5. The third kappa shape index (κ3) is 4.56. The molecule has 26 heavy (non-hydrogen) atoms. The van der Waals surface area contributed by atoms with Crippen LogP contribution in [-0.2, 0) is 16.4 Å². The molecule has 0 aliphatic carbocycles. The summed E-state index contributed by atoms with van der Waals surface area (Å²) < 4.78 is 26.8. The Morgan fingerprint density at radius 1 is 1.15 bits per heavy atom. The van der Waals surface area contributed by atoms with E-state index in [0.717, 1.165) is 29.7 Å². The first kappa shape index (κ1) is 20.7. The number of halogens is 1. The Labute approximate surface area is 163 Å². The van der Waals surface area contributed by atoms with E-state index in [1.54, 1.807) is 5.38 Å². The van der Waals surface area contributed by atoms with Crippen molar-refractivity contribution in [3.63, 3.8) is 0 Å². The number of nitrogen functional groups attached to an aromatic ring is 1. The van der Waals surface area contributed by atoms with Gasteiger partial charge in [0, 0.05) is 25.3 Å². The first-order chi connectivity index (χ1) is 12.0. The van der Waals surface area contributed by atoms with Crippen LogP contribution in [0.15, 0.2) is 40.6 Å². The second-order valence-corrected chi connectivity index (χ2v) is 8.80. The number of benzene rings is 1. The van der Waals surface area contributed by atoms with E-state index in [2.05, 4.69) is 5.32 Å². The van der Waals surface area contributed by atoms with E-state index in [0.29, 0.717) is 31.7 Å². The van der Waals surface area contributed by atoms with Gasteiger partial charge < -0.3 is 11.1 Å². The SMILES string of the molecule is Cl.Nc1ccc(CCNC(=O)c2sccc2S(=O)(=O)N2CCCC2)cc1. The summed E-state index contributed by atoms with van der Waals surface area (Å²) in [7, 11) is -3.58. The maximum absolute atomic E-state index is 12.7. The zero-order valence-corrected chi connectivity index (χ0v) is 16.6. The molecular formula is C17H22ClN3O3S2. The van der Waals surface area contributed by atoms with Crippen LogP contribution in [0.5, 0.6) is 0 Å². The molecule has 1 aromatic heterocycles. The molecule has 6 nitrogen and oxygen atoms in total. The second-order valence-electron chi connectivity index (χ2n) is 5.97. The van der Waals surface area contributed by atoms with Gasteiger partial charge in [0.05, 0.1) is 0 Å². The van der Waals surface area contributed by atoms with Crippen LogP contribution in [0.25, 0.3) is 0 Å². The molecule has 1 aromatic carbocycles. The van der Waals surface area contributed by atoms with E-state index in [-0.39, 0.29) is 28.1 Å². The van der Waals surface area contributed by atoms with Crippen molar-refractivity contribution < 1.29 is 13.2 Å². The summed E-state index contributed by atoms with van der Waals surface area (Å²) in [5.74, 6) is -0.344. The van der Waals surface area contributed by atoms with E-state index < -0.39 is 10.0 Å².